The number of para-hydroxylation sites is 2. The molecule has 0 fully saturated rings. The van der Waals surface area contributed by atoms with Crippen molar-refractivity contribution in [2.75, 3.05) is 12.4 Å². The number of thiophene rings is 1. The number of anilines is 1. The van der Waals surface area contributed by atoms with Gasteiger partial charge in [-0.15, -0.1) is 11.3 Å². The predicted molar refractivity (Wildman–Crippen MR) is 96.1 cm³/mol. The highest BCUT2D eigenvalue weighted by molar-refractivity contribution is 7.12. The molecule has 7 nitrogen and oxygen atoms in total. The van der Waals surface area contributed by atoms with E-state index in [-0.39, 0.29) is 24.6 Å². The van der Waals surface area contributed by atoms with Crippen LogP contribution in [0.1, 0.15) is 16.1 Å². The molecular formula is C17H17N3O4S. The summed E-state index contributed by atoms with van der Waals surface area (Å²) in [6.07, 6.45) is 0.115. The first-order valence-electron chi connectivity index (χ1n) is 7.63. The van der Waals surface area contributed by atoms with E-state index in [2.05, 4.69) is 10.1 Å². The van der Waals surface area contributed by atoms with E-state index in [1.54, 1.807) is 27.6 Å². The Morgan fingerprint density at radius 3 is 2.64 bits per heavy atom. The second kappa shape index (κ2) is 6.94. The Morgan fingerprint density at radius 2 is 1.92 bits per heavy atom. The first kappa shape index (κ1) is 17.0. The monoisotopic (exact) mass is 359 g/mol. The fraction of sp³-hybridized carbons (Fsp3) is 0.235. The molecule has 0 aliphatic heterocycles. The number of amides is 1. The zero-order valence-corrected chi connectivity index (χ0v) is 14.6. The van der Waals surface area contributed by atoms with Crippen LogP contribution in [-0.4, -0.2) is 28.1 Å². The molecule has 1 N–H and O–H groups in total. The summed E-state index contributed by atoms with van der Waals surface area (Å²) in [5, 5.41) is 4.40. The molecule has 3 rings (SSSR count). The molecule has 1 amide bonds. The van der Waals surface area contributed by atoms with Crippen molar-refractivity contribution in [2.24, 2.45) is 7.05 Å². The van der Waals surface area contributed by atoms with Crippen LogP contribution in [0, 0.1) is 0 Å². The van der Waals surface area contributed by atoms with Gasteiger partial charge in [-0.3, -0.25) is 13.9 Å². The maximum atomic E-state index is 12.3. The van der Waals surface area contributed by atoms with Crippen molar-refractivity contribution < 1.29 is 14.3 Å². The van der Waals surface area contributed by atoms with Crippen LogP contribution in [0.4, 0.5) is 5.69 Å². The Morgan fingerprint density at radius 1 is 1.20 bits per heavy atom. The lowest BCUT2D eigenvalue weighted by molar-refractivity contribution is -0.116. The highest BCUT2D eigenvalue weighted by Gasteiger charge is 2.16. The van der Waals surface area contributed by atoms with Crippen molar-refractivity contribution in [3.8, 4) is 0 Å². The van der Waals surface area contributed by atoms with Gasteiger partial charge in [-0.05, 0) is 23.6 Å². The van der Waals surface area contributed by atoms with E-state index in [4.69, 9.17) is 0 Å². The lowest BCUT2D eigenvalue weighted by atomic mass is 10.3. The van der Waals surface area contributed by atoms with Crippen LogP contribution >= 0.6 is 11.3 Å². The highest BCUT2D eigenvalue weighted by atomic mass is 32.1. The molecule has 0 saturated heterocycles. The summed E-state index contributed by atoms with van der Waals surface area (Å²) in [5.41, 5.74) is 1.86. The number of nitrogens with zero attached hydrogens (tertiary/aromatic N) is 2. The Labute approximate surface area is 147 Å². The average Bonchev–Trinajstić information content (AvgIpc) is 3.17. The maximum Gasteiger partial charge on any atom is 0.350 e. The normalized spacial score (nSPS) is 10.8. The molecule has 2 aromatic heterocycles. The van der Waals surface area contributed by atoms with Gasteiger partial charge in [0.05, 0.1) is 23.8 Å². The third kappa shape index (κ3) is 3.20. The van der Waals surface area contributed by atoms with E-state index in [1.165, 1.54) is 18.4 Å². The molecule has 0 unspecified atom stereocenters. The van der Waals surface area contributed by atoms with Gasteiger partial charge in [-0.1, -0.05) is 12.1 Å². The molecule has 3 aromatic rings. The molecule has 2 heterocycles. The number of nitrogens with one attached hydrogen (secondary N) is 1. The van der Waals surface area contributed by atoms with E-state index in [1.807, 2.05) is 24.3 Å². The minimum Gasteiger partial charge on any atom is -0.465 e. The van der Waals surface area contributed by atoms with Crippen LogP contribution in [0.15, 0.2) is 40.5 Å². The summed E-state index contributed by atoms with van der Waals surface area (Å²) in [6.45, 7) is 0.254. The van der Waals surface area contributed by atoms with E-state index < -0.39 is 5.97 Å². The molecule has 130 valence electrons. The van der Waals surface area contributed by atoms with Gasteiger partial charge >= 0.3 is 11.7 Å². The summed E-state index contributed by atoms with van der Waals surface area (Å²) in [4.78, 5) is 36.5. The molecule has 0 aliphatic rings. The number of hydrogen-bond acceptors (Lipinski definition) is 5. The number of rotatable bonds is 5. The van der Waals surface area contributed by atoms with Crippen molar-refractivity contribution in [3.63, 3.8) is 0 Å². The zero-order valence-electron chi connectivity index (χ0n) is 13.8. The quantitative estimate of drug-likeness (QED) is 0.708. The van der Waals surface area contributed by atoms with Crippen molar-refractivity contribution in [2.45, 2.75) is 13.0 Å². The van der Waals surface area contributed by atoms with Crippen LogP contribution in [0.3, 0.4) is 0 Å². The number of fused-ring (bicyclic) bond motifs is 1. The number of benzene rings is 1. The number of aromatic nitrogens is 2. The van der Waals surface area contributed by atoms with E-state index in [0.717, 1.165) is 11.0 Å². The molecular weight excluding hydrogens is 342 g/mol. The SMILES string of the molecule is COC(=O)c1sccc1NC(=O)CCn1c(=O)n(C)c2ccccc21. The Kier molecular flexibility index (Phi) is 4.71. The summed E-state index contributed by atoms with van der Waals surface area (Å²) in [6, 6.07) is 9.08. The number of methoxy groups -OCH3 is 1. The van der Waals surface area contributed by atoms with Crippen LogP contribution in [-0.2, 0) is 23.1 Å². The number of aryl methyl sites for hydroxylation is 2. The molecule has 25 heavy (non-hydrogen) atoms. The number of carbonyl (C=O) groups is 2. The van der Waals surface area contributed by atoms with Crippen molar-refractivity contribution >= 4 is 39.9 Å². The Bertz CT molecular complexity index is 999. The largest absolute Gasteiger partial charge is 0.465 e. The van der Waals surface area contributed by atoms with Crippen molar-refractivity contribution in [1.82, 2.24) is 9.13 Å². The van der Waals surface area contributed by atoms with Gasteiger partial charge in [0.15, 0.2) is 0 Å². The smallest absolute Gasteiger partial charge is 0.350 e. The molecule has 0 atom stereocenters. The molecule has 0 bridgehead atoms. The van der Waals surface area contributed by atoms with Crippen LogP contribution in [0.5, 0.6) is 0 Å². The average molecular weight is 359 g/mol. The lowest BCUT2D eigenvalue weighted by Gasteiger charge is -2.06. The number of ether oxygens (including phenoxy) is 1. The van der Waals surface area contributed by atoms with E-state index in [9.17, 15) is 14.4 Å². The number of imidazole rings is 1. The number of hydrogen-bond donors (Lipinski definition) is 1. The van der Waals surface area contributed by atoms with E-state index >= 15 is 0 Å². The fourth-order valence-corrected chi connectivity index (χ4v) is 3.43. The first-order valence-corrected chi connectivity index (χ1v) is 8.51. The molecule has 0 aliphatic carbocycles. The standard InChI is InChI=1S/C17H17N3O4S/c1-19-12-5-3-4-6-13(12)20(17(19)23)9-7-14(21)18-11-8-10-25-15(11)16(22)24-2/h3-6,8,10H,7,9H2,1-2H3,(H,18,21). The van der Waals surface area contributed by atoms with Crippen molar-refractivity contribution in [1.29, 1.82) is 0 Å². The minimum atomic E-state index is -0.490. The van der Waals surface area contributed by atoms with Gasteiger partial charge in [-0.2, -0.15) is 0 Å². The second-order valence-corrected chi connectivity index (χ2v) is 6.35. The van der Waals surface area contributed by atoms with Gasteiger partial charge in [0.1, 0.15) is 4.88 Å². The van der Waals surface area contributed by atoms with Crippen LogP contribution < -0.4 is 11.0 Å². The van der Waals surface area contributed by atoms with Gasteiger partial charge in [0.25, 0.3) is 0 Å². The Balaban J connectivity index is 1.74. The molecule has 0 saturated carbocycles. The van der Waals surface area contributed by atoms with E-state index in [0.29, 0.717) is 10.6 Å². The molecule has 0 spiro atoms. The minimum absolute atomic E-state index is 0.115. The summed E-state index contributed by atoms with van der Waals surface area (Å²) >= 11 is 1.20. The number of esters is 1. The zero-order chi connectivity index (χ0) is 18.0. The third-order valence-electron chi connectivity index (χ3n) is 3.92. The van der Waals surface area contributed by atoms with Gasteiger partial charge in [0, 0.05) is 20.0 Å². The summed E-state index contributed by atoms with van der Waals surface area (Å²) < 4.78 is 7.81. The Hall–Kier alpha value is -2.87. The van der Waals surface area contributed by atoms with Crippen LogP contribution in [0.25, 0.3) is 11.0 Å². The lowest BCUT2D eigenvalue weighted by Crippen LogP contribution is -2.24. The van der Waals surface area contributed by atoms with Crippen molar-refractivity contribution in [3.05, 3.63) is 51.1 Å². The number of carbonyl (C=O) groups excluding carboxylic acids is 2. The summed E-state index contributed by atoms with van der Waals surface area (Å²) in [7, 11) is 3.00. The molecule has 1 aromatic carbocycles. The highest BCUT2D eigenvalue weighted by Crippen LogP contribution is 2.23. The topological polar surface area (TPSA) is 82.3 Å². The fourth-order valence-electron chi connectivity index (χ4n) is 2.66. The molecule has 8 heteroatoms. The van der Waals surface area contributed by atoms with Gasteiger partial charge in [-0.25, -0.2) is 9.59 Å². The van der Waals surface area contributed by atoms with Gasteiger partial charge in [0.2, 0.25) is 5.91 Å². The maximum absolute atomic E-state index is 12.3. The third-order valence-corrected chi connectivity index (χ3v) is 4.82. The second-order valence-electron chi connectivity index (χ2n) is 5.44. The predicted octanol–water partition coefficient (Wildman–Crippen LogP) is 2.22. The summed E-state index contributed by atoms with van der Waals surface area (Å²) in [5.74, 6) is -0.765. The van der Waals surface area contributed by atoms with Gasteiger partial charge < -0.3 is 10.1 Å². The molecule has 0 radical (unpaired) electrons. The van der Waals surface area contributed by atoms with Crippen LogP contribution in [0.2, 0.25) is 0 Å². The first-order chi connectivity index (χ1) is 12.0.